The van der Waals surface area contributed by atoms with Crippen LogP contribution in [0.25, 0.3) is 0 Å². The first-order valence-corrected chi connectivity index (χ1v) is 7.37. The summed E-state index contributed by atoms with van der Waals surface area (Å²) in [6, 6.07) is 14.9. The average Bonchev–Trinajstić information content (AvgIpc) is 2.81. The van der Waals surface area contributed by atoms with E-state index in [-0.39, 0.29) is 0 Å². The summed E-state index contributed by atoms with van der Waals surface area (Å²) in [5.41, 5.74) is 2.28. The number of hydrogen-bond acceptors (Lipinski definition) is 4. The van der Waals surface area contributed by atoms with Gasteiger partial charge in [-0.1, -0.05) is 24.3 Å². The molecule has 0 unspecified atom stereocenters. The van der Waals surface area contributed by atoms with E-state index in [1.165, 1.54) is 4.90 Å². The lowest BCUT2D eigenvalue weighted by molar-refractivity contribution is -0.114. The van der Waals surface area contributed by atoms with Crippen molar-refractivity contribution in [2.75, 3.05) is 25.7 Å². The van der Waals surface area contributed by atoms with E-state index in [4.69, 9.17) is 4.74 Å². The first-order valence-electron chi connectivity index (χ1n) is 7.37. The van der Waals surface area contributed by atoms with Crippen LogP contribution in [-0.2, 0) is 11.3 Å². The third kappa shape index (κ3) is 2.96. The van der Waals surface area contributed by atoms with Crippen LogP contribution in [0.15, 0.2) is 48.5 Å². The standard InChI is InChI=1S/C18H18N2O3/c1-19(11-13-7-9-14(23-2)10-8-13)12-20-16-6-4-3-5-15(16)17(21)18(20)22/h3-10H,11-12H2,1-2H3. The molecule has 1 heterocycles. The van der Waals surface area contributed by atoms with Gasteiger partial charge in [0, 0.05) is 6.54 Å². The highest BCUT2D eigenvalue weighted by molar-refractivity contribution is 6.52. The summed E-state index contributed by atoms with van der Waals surface area (Å²) in [6.07, 6.45) is 0. The van der Waals surface area contributed by atoms with Gasteiger partial charge in [0.2, 0.25) is 0 Å². The predicted octanol–water partition coefficient (Wildman–Crippen LogP) is 2.31. The van der Waals surface area contributed by atoms with Gasteiger partial charge in [0.15, 0.2) is 0 Å². The molecule has 1 aliphatic rings. The molecule has 0 aromatic heterocycles. The van der Waals surface area contributed by atoms with Gasteiger partial charge in [-0.3, -0.25) is 19.4 Å². The van der Waals surface area contributed by atoms with Gasteiger partial charge in [-0.25, -0.2) is 0 Å². The summed E-state index contributed by atoms with van der Waals surface area (Å²) in [5, 5.41) is 0. The Morgan fingerprint density at radius 1 is 1.04 bits per heavy atom. The zero-order chi connectivity index (χ0) is 16.4. The fourth-order valence-electron chi connectivity index (χ4n) is 2.72. The maximum atomic E-state index is 12.2. The van der Waals surface area contributed by atoms with Crippen molar-refractivity contribution in [3.63, 3.8) is 0 Å². The van der Waals surface area contributed by atoms with E-state index in [0.717, 1.165) is 11.3 Å². The highest BCUT2D eigenvalue weighted by atomic mass is 16.5. The van der Waals surface area contributed by atoms with E-state index in [0.29, 0.717) is 24.5 Å². The molecule has 0 saturated carbocycles. The number of Topliss-reactive ketones (excluding diaryl/α,β-unsaturated/α-hetero) is 1. The van der Waals surface area contributed by atoms with Gasteiger partial charge in [-0.2, -0.15) is 0 Å². The van der Waals surface area contributed by atoms with Crippen LogP contribution < -0.4 is 9.64 Å². The van der Waals surface area contributed by atoms with Gasteiger partial charge < -0.3 is 4.74 Å². The molecular formula is C18H18N2O3. The molecule has 3 rings (SSSR count). The number of carbonyl (C=O) groups excluding carboxylic acids is 2. The molecule has 2 aromatic carbocycles. The van der Waals surface area contributed by atoms with E-state index in [9.17, 15) is 9.59 Å². The summed E-state index contributed by atoms with van der Waals surface area (Å²) in [6.45, 7) is 1.04. The fraction of sp³-hybridized carbons (Fsp3) is 0.222. The summed E-state index contributed by atoms with van der Waals surface area (Å²) >= 11 is 0. The van der Waals surface area contributed by atoms with Gasteiger partial charge in [0.05, 0.1) is 25.0 Å². The highest BCUT2D eigenvalue weighted by Crippen LogP contribution is 2.28. The molecule has 5 heteroatoms. The number of para-hydroxylation sites is 1. The molecule has 0 radical (unpaired) electrons. The van der Waals surface area contributed by atoms with E-state index in [1.807, 2.05) is 42.3 Å². The largest absolute Gasteiger partial charge is 0.497 e. The number of rotatable bonds is 5. The molecule has 118 valence electrons. The van der Waals surface area contributed by atoms with Crippen molar-refractivity contribution in [3.05, 3.63) is 59.7 Å². The quantitative estimate of drug-likeness (QED) is 0.795. The summed E-state index contributed by atoms with van der Waals surface area (Å²) in [7, 11) is 3.55. The average molecular weight is 310 g/mol. The van der Waals surface area contributed by atoms with Gasteiger partial charge >= 0.3 is 5.91 Å². The maximum Gasteiger partial charge on any atom is 0.300 e. The molecule has 1 amide bonds. The number of anilines is 1. The number of nitrogens with zero attached hydrogens (tertiary/aromatic N) is 2. The Kier molecular flexibility index (Phi) is 4.12. The Balaban J connectivity index is 1.71. The molecule has 0 bridgehead atoms. The number of amides is 1. The zero-order valence-electron chi connectivity index (χ0n) is 13.2. The lowest BCUT2D eigenvalue weighted by atomic mass is 10.1. The third-order valence-electron chi connectivity index (χ3n) is 3.87. The summed E-state index contributed by atoms with van der Waals surface area (Å²) in [4.78, 5) is 27.7. The van der Waals surface area contributed by atoms with Crippen molar-refractivity contribution in [3.8, 4) is 5.75 Å². The number of carbonyl (C=O) groups is 2. The molecule has 0 spiro atoms. The number of ether oxygens (including phenoxy) is 1. The van der Waals surface area contributed by atoms with Crippen molar-refractivity contribution < 1.29 is 14.3 Å². The molecule has 2 aromatic rings. The van der Waals surface area contributed by atoms with Crippen LogP contribution in [0.3, 0.4) is 0 Å². The lowest BCUT2D eigenvalue weighted by Gasteiger charge is -2.24. The first kappa shape index (κ1) is 15.2. The molecule has 0 aliphatic carbocycles. The van der Waals surface area contributed by atoms with E-state index in [1.54, 1.807) is 25.3 Å². The third-order valence-corrected chi connectivity index (χ3v) is 3.87. The number of benzene rings is 2. The number of ketones is 1. The Labute approximate surface area is 135 Å². The molecule has 1 aliphatic heterocycles. The molecule has 0 atom stereocenters. The van der Waals surface area contributed by atoms with Crippen LogP contribution in [0.1, 0.15) is 15.9 Å². The first-order chi connectivity index (χ1) is 11.1. The topological polar surface area (TPSA) is 49.9 Å². The normalized spacial score (nSPS) is 13.6. The monoisotopic (exact) mass is 310 g/mol. The molecule has 0 fully saturated rings. The molecule has 23 heavy (non-hydrogen) atoms. The maximum absolute atomic E-state index is 12.2. The zero-order valence-corrected chi connectivity index (χ0v) is 13.2. The Morgan fingerprint density at radius 3 is 2.43 bits per heavy atom. The van der Waals surface area contributed by atoms with Crippen LogP contribution in [-0.4, -0.2) is 37.4 Å². The second kappa shape index (κ2) is 6.22. The second-order valence-corrected chi connectivity index (χ2v) is 5.58. The number of hydrogen-bond donors (Lipinski definition) is 0. The van der Waals surface area contributed by atoms with E-state index in [2.05, 4.69) is 0 Å². The van der Waals surface area contributed by atoms with Crippen molar-refractivity contribution in [2.24, 2.45) is 0 Å². The predicted molar refractivity (Wildman–Crippen MR) is 87.6 cm³/mol. The fourth-order valence-corrected chi connectivity index (χ4v) is 2.72. The van der Waals surface area contributed by atoms with E-state index >= 15 is 0 Å². The Bertz CT molecular complexity index is 740. The minimum Gasteiger partial charge on any atom is -0.497 e. The van der Waals surface area contributed by atoms with Crippen LogP contribution in [0, 0.1) is 0 Å². The lowest BCUT2D eigenvalue weighted by Crippen LogP contribution is -2.38. The minimum absolute atomic E-state index is 0.369. The summed E-state index contributed by atoms with van der Waals surface area (Å²) < 4.78 is 5.14. The minimum atomic E-state index is -0.465. The molecule has 5 nitrogen and oxygen atoms in total. The van der Waals surface area contributed by atoms with Crippen molar-refractivity contribution in [2.45, 2.75) is 6.54 Å². The molecule has 0 saturated heterocycles. The van der Waals surface area contributed by atoms with Gasteiger partial charge in [-0.05, 0) is 36.9 Å². The van der Waals surface area contributed by atoms with E-state index < -0.39 is 11.7 Å². The SMILES string of the molecule is COc1ccc(CN(C)CN2C(=O)C(=O)c3ccccc32)cc1. The Hall–Kier alpha value is -2.66. The molecule has 0 N–H and O–H groups in total. The van der Waals surface area contributed by atoms with Crippen LogP contribution in [0.5, 0.6) is 5.75 Å². The van der Waals surface area contributed by atoms with Crippen LogP contribution >= 0.6 is 0 Å². The number of fused-ring (bicyclic) bond motifs is 1. The van der Waals surface area contributed by atoms with Gasteiger partial charge in [0.1, 0.15) is 5.75 Å². The number of methoxy groups -OCH3 is 1. The van der Waals surface area contributed by atoms with Gasteiger partial charge in [0.25, 0.3) is 5.78 Å². The van der Waals surface area contributed by atoms with Crippen LogP contribution in [0.2, 0.25) is 0 Å². The summed E-state index contributed by atoms with van der Waals surface area (Å²) in [5.74, 6) is -0.0862. The van der Waals surface area contributed by atoms with Crippen molar-refractivity contribution in [1.29, 1.82) is 0 Å². The van der Waals surface area contributed by atoms with Gasteiger partial charge in [-0.15, -0.1) is 0 Å². The molecular weight excluding hydrogens is 292 g/mol. The smallest absolute Gasteiger partial charge is 0.300 e. The van der Waals surface area contributed by atoms with Crippen molar-refractivity contribution >= 4 is 17.4 Å². The second-order valence-electron chi connectivity index (χ2n) is 5.58. The van der Waals surface area contributed by atoms with Crippen molar-refractivity contribution in [1.82, 2.24) is 4.90 Å². The highest BCUT2D eigenvalue weighted by Gasteiger charge is 2.35. The van der Waals surface area contributed by atoms with Crippen LogP contribution in [0.4, 0.5) is 5.69 Å². The Morgan fingerprint density at radius 2 is 1.74 bits per heavy atom.